The number of nitrogens with one attached hydrogen (secondary N) is 1. The number of aromatic amines is 1. The number of hydrogen-bond donors (Lipinski definition) is 1. The monoisotopic (exact) mass is 320 g/mol. The lowest BCUT2D eigenvalue weighted by molar-refractivity contribution is -0.112. The van der Waals surface area contributed by atoms with Crippen molar-refractivity contribution in [3.05, 3.63) is 35.5 Å². The molecule has 4 heterocycles. The summed E-state index contributed by atoms with van der Waals surface area (Å²) < 4.78 is 25.7. The van der Waals surface area contributed by atoms with Gasteiger partial charge in [-0.15, -0.1) is 11.3 Å². The maximum atomic E-state index is 12.8. The van der Waals surface area contributed by atoms with E-state index in [2.05, 4.69) is 15.0 Å². The fourth-order valence-corrected chi connectivity index (χ4v) is 3.28. The van der Waals surface area contributed by atoms with Crippen molar-refractivity contribution in [1.29, 1.82) is 0 Å². The third-order valence-corrected chi connectivity index (χ3v) is 4.56. The van der Waals surface area contributed by atoms with E-state index in [-0.39, 0.29) is 5.91 Å². The summed E-state index contributed by atoms with van der Waals surface area (Å²) in [5.74, 6) is -3.11. The summed E-state index contributed by atoms with van der Waals surface area (Å²) in [5, 5.41) is 0. The van der Waals surface area contributed by atoms with Gasteiger partial charge < -0.3 is 9.88 Å². The van der Waals surface area contributed by atoms with Gasteiger partial charge in [0, 0.05) is 6.20 Å². The molecule has 1 amide bonds. The molecule has 112 valence electrons. The molecule has 3 aromatic rings. The lowest BCUT2D eigenvalue weighted by Crippen LogP contribution is -2.58. The predicted molar refractivity (Wildman–Crippen MR) is 78.1 cm³/mol. The van der Waals surface area contributed by atoms with Gasteiger partial charge in [0.2, 0.25) is 0 Å². The maximum Gasteiger partial charge on any atom is 0.282 e. The molecule has 1 N–H and O–H groups in total. The second-order valence-corrected chi connectivity index (χ2v) is 6.23. The molecular weight excluding hydrogens is 310 g/mol. The second-order valence-electron chi connectivity index (χ2n) is 5.15. The number of alkyl halides is 2. The molecule has 0 spiro atoms. The quantitative estimate of drug-likeness (QED) is 0.790. The number of thiophene rings is 1. The molecule has 1 fully saturated rings. The van der Waals surface area contributed by atoms with Crippen LogP contribution in [0.3, 0.4) is 0 Å². The van der Waals surface area contributed by atoms with E-state index >= 15 is 0 Å². The molecule has 0 unspecified atom stereocenters. The highest BCUT2D eigenvalue weighted by atomic mass is 32.1. The lowest BCUT2D eigenvalue weighted by Gasteiger charge is -2.38. The predicted octanol–water partition coefficient (Wildman–Crippen LogP) is 2.78. The van der Waals surface area contributed by atoms with E-state index in [0.29, 0.717) is 16.2 Å². The van der Waals surface area contributed by atoms with Crippen LogP contribution in [0.25, 0.3) is 21.7 Å². The van der Waals surface area contributed by atoms with E-state index in [9.17, 15) is 13.6 Å². The Hall–Kier alpha value is -2.35. The zero-order chi connectivity index (χ0) is 15.3. The number of rotatable bonds is 2. The molecule has 1 aliphatic rings. The Morgan fingerprint density at radius 3 is 2.91 bits per heavy atom. The average Bonchev–Trinajstić information content (AvgIpc) is 3.11. The van der Waals surface area contributed by atoms with Crippen LogP contribution in [0.15, 0.2) is 30.6 Å². The Balaban J connectivity index is 1.59. The topological polar surface area (TPSA) is 61.9 Å². The molecule has 0 saturated carbocycles. The van der Waals surface area contributed by atoms with Gasteiger partial charge in [-0.25, -0.2) is 18.7 Å². The van der Waals surface area contributed by atoms with E-state index < -0.39 is 19.0 Å². The summed E-state index contributed by atoms with van der Waals surface area (Å²) in [7, 11) is 0. The third-order valence-electron chi connectivity index (χ3n) is 3.46. The van der Waals surface area contributed by atoms with Crippen LogP contribution >= 0.6 is 11.3 Å². The Kier molecular flexibility index (Phi) is 2.77. The van der Waals surface area contributed by atoms with Gasteiger partial charge in [-0.2, -0.15) is 0 Å². The van der Waals surface area contributed by atoms with Gasteiger partial charge in [0.1, 0.15) is 5.52 Å². The number of H-pyrrole nitrogens is 1. The van der Waals surface area contributed by atoms with Crippen molar-refractivity contribution in [1.82, 2.24) is 19.9 Å². The Morgan fingerprint density at radius 1 is 1.32 bits per heavy atom. The number of halogens is 2. The molecule has 0 aliphatic carbocycles. The number of nitrogens with zero attached hydrogens (tertiary/aromatic N) is 3. The van der Waals surface area contributed by atoms with Crippen LogP contribution in [0.1, 0.15) is 9.67 Å². The Labute approximate surface area is 127 Å². The fourth-order valence-electron chi connectivity index (χ4n) is 2.35. The first kappa shape index (κ1) is 13.3. The summed E-state index contributed by atoms with van der Waals surface area (Å²) in [5.41, 5.74) is 2.09. The molecule has 1 saturated heterocycles. The van der Waals surface area contributed by atoms with E-state index in [1.807, 2.05) is 6.07 Å². The minimum atomic E-state index is -2.75. The molecule has 0 bridgehead atoms. The van der Waals surface area contributed by atoms with Crippen LogP contribution in [0, 0.1) is 0 Å². The molecule has 1 aliphatic heterocycles. The molecule has 5 nitrogen and oxygen atoms in total. The van der Waals surface area contributed by atoms with Crippen molar-refractivity contribution in [3.8, 4) is 10.6 Å². The standard InChI is InChI=1S/C14H10F2N4OS/c15-14(16)6-20(7-14)13(21)11-2-1-10(22-11)9-5-18-12-8(19-9)3-4-17-12/h1-5H,6-7H2,(H,17,18). The molecule has 22 heavy (non-hydrogen) atoms. The van der Waals surface area contributed by atoms with Crippen LogP contribution in [0.2, 0.25) is 0 Å². The highest BCUT2D eigenvalue weighted by Gasteiger charge is 2.46. The summed E-state index contributed by atoms with van der Waals surface area (Å²) in [6, 6.07) is 5.22. The van der Waals surface area contributed by atoms with Crippen molar-refractivity contribution < 1.29 is 13.6 Å². The van der Waals surface area contributed by atoms with Crippen molar-refractivity contribution in [2.45, 2.75) is 5.92 Å². The summed E-state index contributed by atoms with van der Waals surface area (Å²) in [4.78, 5) is 26.1. The Morgan fingerprint density at radius 2 is 2.14 bits per heavy atom. The highest BCUT2D eigenvalue weighted by Crippen LogP contribution is 2.32. The van der Waals surface area contributed by atoms with Gasteiger partial charge in [0.05, 0.1) is 34.7 Å². The first-order chi connectivity index (χ1) is 10.5. The number of fused-ring (bicyclic) bond motifs is 1. The summed E-state index contributed by atoms with van der Waals surface area (Å²) >= 11 is 1.23. The largest absolute Gasteiger partial charge is 0.345 e. The van der Waals surface area contributed by atoms with Gasteiger partial charge in [0.15, 0.2) is 5.65 Å². The number of amides is 1. The van der Waals surface area contributed by atoms with Gasteiger partial charge in [-0.3, -0.25) is 4.79 Å². The van der Waals surface area contributed by atoms with Crippen LogP contribution in [0.5, 0.6) is 0 Å². The molecule has 0 atom stereocenters. The Bertz CT molecular complexity index is 864. The smallest absolute Gasteiger partial charge is 0.282 e. The molecule has 0 aromatic carbocycles. The average molecular weight is 320 g/mol. The van der Waals surface area contributed by atoms with Gasteiger partial charge >= 0.3 is 0 Å². The number of likely N-dealkylation sites (tertiary alicyclic amines) is 1. The zero-order valence-electron chi connectivity index (χ0n) is 11.2. The first-order valence-electron chi connectivity index (χ1n) is 6.59. The second kappa shape index (κ2) is 4.57. The highest BCUT2D eigenvalue weighted by molar-refractivity contribution is 7.17. The number of carbonyl (C=O) groups excluding carboxylic acids is 1. The third kappa shape index (κ3) is 2.16. The van der Waals surface area contributed by atoms with E-state index in [1.165, 1.54) is 11.3 Å². The van der Waals surface area contributed by atoms with E-state index in [4.69, 9.17) is 0 Å². The van der Waals surface area contributed by atoms with Crippen molar-refractivity contribution in [2.75, 3.05) is 13.1 Å². The van der Waals surface area contributed by atoms with Crippen LogP contribution in [-0.4, -0.2) is 44.8 Å². The zero-order valence-corrected chi connectivity index (χ0v) is 12.0. The van der Waals surface area contributed by atoms with Crippen LogP contribution < -0.4 is 0 Å². The minimum absolute atomic E-state index is 0.363. The molecular formula is C14H10F2N4OS. The van der Waals surface area contributed by atoms with Gasteiger partial charge in [-0.05, 0) is 18.2 Å². The molecule has 0 radical (unpaired) electrons. The van der Waals surface area contributed by atoms with Gasteiger partial charge in [0.25, 0.3) is 11.8 Å². The number of hydrogen-bond acceptors (Lipinski definition) is 4. The minimum Gasteiger partial charge on any atom is -0.345 e. The number of carbonyl (C=O) groups is 1. The van der Waals surface area contributed by atoms with E-state index in [0.717, 1.165) is 15.3 Å². The van der Waals surface area contributed by atoms with Gasteiger partial charge in [-0.1, -0.05) is 0 Å². The van der Waals surface area contributed by atoms with Crippen molar-refractivity contribution in [2.24, 2.45) is 0 Å². The lowest BCUT2D eigenvalue weighted by atomic mass is 10.1. The first-order valence-corrected chi connectivity index (χ1v) is 7.41. The molecule has 4 rings (SSSR count). The molecule has 3 aromatic heterocycles. The fraction of sp³-hybridized carbons (Fsp3) is 0.214. The van der Waals surface area contributed by atoms with Crippen molar-refractivity contribution >= 4 is 28.4 Å². The van der Waals surface area contributed by atoms with E-state index in [1.54, 1.807) is 24.5 Å². The summed E-state index contributed by atoms with van der Waals surface area (Å²) in [6.45, 7) is -1.01. The van der Waals surface area contributed by atoms with Crippen LogP contribution in [0.4, 0.5) is 8.78 Å². The van der Waals surface area contributed by atoms with Crippen molar-refractivity contribution in [3.63, 3.8) is 0 Å². The van der Waals surface area contributed by atoms with Crippen LogP contribution in [-0.2, 0) is 0 Å². The molecule has 8 heteroatoms. The summed E-state index contributed by atoms with van der Waals surface area (Å²) in [6.07, 6.45) is 3.37. The SMILES string of the molecule is O=C(c1ccc(-c2cnc3[nH]ccc3n2)s1)N1CC(F)(F)C1. The normalized spacial score (nSPS) is 16.7. The maximum absolute atomic E-state index is 12.8. The number of aromatic nitrogens is 3.